The monoisotopic (exact) mass is 714 g/mol. The maximum Gasteiger partial charge on any atom is 0.435 e. The summed E-state index contributed by atoms with van der Waals surface area (Å²) >= 11 is 6.47. The number of hydrogen-bond acceptors (Lipinski definition) is 9. The molecule has 1 aromatic carbocycles. The fourth-order valence-electron chi connectivity index (χ4n) is 5.96. The third-order valence-electron chi connectivity index (χ3n) is 8.70. The van der Waals surface area contributed by atoms with Gasteiger partial charge in [-0.15, -0.1) is 0 Å². The Hall–Kier alpha value is -5.00. The molecule has 3 amide bonds. The molecule has 50 heavy (non-hydrogen) atoms. The predicted molar refractivity (Wildman–Crippen MR) is 177 cm³/mol. The Bertz CT molecular complexity index is 1900. The molecule has 2 fully saturated rings. The lowest BCUT2D eigenvalue weighted by Crippen LogP contribution is -2.52. The molecule has 0 radical (unpaired) electrons. The summed E-state index contributed by atoms with van der Waals surface area (Å²) in [6.45, 7) is 2.74. The molecule has 264 valence electrons. The van der Waals surface area contributed by atoms with Crippen molar-refractivity contribution in [3.63, 3.8) is 0 Å². The van der Waals surface area contributed by atoms with Crippen molar-refractivity contribution in [2.24, 2.45) is 7.05 Å². The van der Waals surface area contributed by atoms with Crippen molar-refractivity contribution < 1.29 is 32.7 Å². The predicted octanol–water partition coefficient (Wildman–Crippen LogP) is 2.99. The third kappa shape index (κ3) is 7.29. The molecule has 18 heteroatoms. The highest BCUT2D eigenvalue weighted by molar-refractivity contribution is 6.34. The first-order valence-corrected chi connectivity index (χ1v) is 16.1. The number of likely N-dealkylation sites (tertiary alicyclic amines) is 1. The van der Waals surface area contributed by atoms with Gasteiger partial charge in [-0.2, -0.15) is 18.3 Å². The van der Waals surface area contributed by atoms with Crippen LogP contribution in [0.3, 0.4) is 0 Å². The van der Waals surface area contributed by atoms with Crippen molar-refractivity contribution in [1.29, 1.82) is 0 Å². The number of aromatic nitrogens is 5. The lowest BCUT2D eigenvalue weighted by atomic mass is 10.1. The fraction of sp³-hybridized carbons (Fsp3) is 0.375. The van der Waals surface area contributed by atoms with Crippen LogP contribution in [0.1, 0.15) is 33.1 Å². The second-order valence-corrected chi connectivity index (χ2v) is 12.4. The van der Waals surface area contributed by atoms with Crippen molar-refractivity contribution >= 4 is 40.7 Å². The number of piperazine rings is 1. The Labute approximate surface area is 289 Å². The number of alkyl halides is 3. The minimum absolute atomic E-state index is 0.00353. The molecule has 2 aliphatic heterocycles. The summed E-state index contributed by atoms with van der Waals surface area (Å²) in [7, 11) is 3.10. The summed E-state index contributed by atoms with van der Waals surface area (Å²) in [6, 6.07) is 7.53. The number of benzene rings is 1. The Morgan fingerprint density at radius 1 is 1.00 bits per heavy atom. The van der Waals surface area contributed by atoms with E-state index in [9.17, 15) is 32.7 Å². The average molecular weight is 715 g/mol. The SMILES string of the molecule is CNc1ccc(-n2cc(-c3cnc(C(=O)Nc4ccc(C(=O)N5CCN(C(=O)CN6CCC(O)C6)CC5)c(Cl)c4)n3C)c(C(F)(F)F)n2)nc1. The number of amides is 3. The van der Waals surface area contributed by atoms with Gasteiger partial charge in [0.05, 0.1) is 52.6 Å². The molecule has 4 aromatic rings. The number of anilines is 2. The number of carbonyl (C=O) groups is 3. The smallest absolute Gasteiger partial charge is 0.392 e. The number of pyridine rings is 1. The number of aliphatic hydroxyl groups is 1. The van der Waals surface area contributed by atoms with Crippen LogP contribution in [-0.2, 0) is 18.0 Å². The van der Waals surface area contributed by atoms with Gasteiger partial charge in [-0.05, 0) is 36.8 Å². The Morgan fingerprint density at radius 2 is 1.72 bits per heavy atom. The van der Waals surface area contributed by atoms with Crippen molar-refractivity contribution in [1.82, 2.24) is 39.0 Å². The zero-order chi connectivity index (χ0) is 35.7. The van der Waals surface area contributed by atoms with Gasteiger partial charge in [0.25, 0.3) is 11.8 Å². The van der Waals surface area contributed by atoms with Crippen LogP contribution in [0.2, 0.25) is 5.02 Å². The Balaban J connectivity index is 1.11. The summed E-state index contributed by atoms with van der Waals surface area (Å²) in [6.07, 6.45) is -0.779. The number of halogens is 4. The highest BCUT2D eigenvalue weighted by atomic mass is 35.5. The van der Waals surface area contributed by atoms with E-state index in [4.69, 9.17) is 11.6 Å². The van der Waals surface area contributed by atoms with E-state index in [0.717, 1.165) is 10.9 Å². The third-order valence-corrected chi connectivity index (χ3v) is 9.02. The second kappa shape index (κ2) is 14.1. The topological polar surface area (TPSA) is 154 Å². The molecule has 0 spiro atoms. The highest BCUT2D eigenvalue weighted by Crippen LogP contribution is 2.37. The van der Waals surface area contributed by atoms with Crippen molar-refractivity contribution in [3.05, 3.63) is 71.0 Å². The van der Waals surface area contributed by atoms with Gasteiger partial charge < -0.3 is 30.1 Å². The summed E-state index contributed by atoms with van der Waals surface area (Å²) in [5.74, 6) is -1.11. The molecule has 1 unspecified atom stereocenters. The van der Waals surface area contributed by atoms with Gasteiger partial charge >= 0.3 is 6.18 Å². The van der Waals surface area contributed by atoms with Crippen LogP contribution in [-0.4, -0.2) is 121 Å². The number of rotatable bonds is 8. The van der Waals surface area contributed by atoms with E-state index in [1.54, 1.807) is 22.9 Å². The van der Waals surface area contributed by atoms with Gasteiger partial charge in [-0.25, -0.2) is 14.6 Å². The molecule has 3 aromatic heterocycles. The Kier molecular flexibility index (Phi) is 9.82. The number of β-amino-alcohol motifs (C(OH)–C–C–N with tert-alkyl or cyclic N) is 1. The first-order chi connectivity index (χ1) is 23.8. The zero-order valence-corrected chi connectivity index (χ0v) is 27.9. The second-order valence-electron chi connectivity index (χ2n) is 12.0. The van der Waals surface area contributed by atoms with Crippen LogP contribution in [0.25, 0.3) is 17.1 Å². The minimum atomic E-state index is -4.81. The number of imidazole rings is 1. The maximum atomic E-state index is 14.1. The number of hydrogen-bond donors (Lipinski definition) is 3. The van der Waals surface area contributed by atoms with E-state index in [-0.39, 0.29) is 57.5 Å². The van der Waals surface area contributed by atoms with Crippen LogP contribution in [0, 0.1) is 0 Å². The molecule has 2 saturated heterocycles. The van der Waals surface area contributed by atoms with Crippen molar-refractivity contribution in [2.45, 2.75) is 18.7 Å². The lowest BCUT2D eigenvalue weighted by Gasteiger charge is -2.35. The fourth-order valence-corrected chi connectivity index (χ4v) is 6.22. The van der Waals surface area contributed by atoms with Crippen LogP contribution in [0.15, 0.2) is 48.9 Å². The van der Waals surface area contributed by atoms with Crippen LogP contribution in [0.5, 0.6) is 0 Å². The van der Waals surface area contributed by atoms with Gasteiger partial charge in [-0.1, -0.05) is 11.6 Å². The van der Waals surface area contributed by atoms with Crippen LogP contribution in [0.4, 0.5) is 24.5 Å². The summed E-state index contributed by atoms with van der Waals surface area (Å²) < 4.78 is 44.4. The highest BCUT2D eigenvalue weighted by Gasteiger charge is 2.39. The molecule has 3 N–H and O–H groups in total. The van der Waals surface area contributed by atoms with E-state index in [1.165, 1.54) is 48.3 Å². The van der Waals surface area contributed by atoms with Gasteiger partial charge in [0, 0.05) is 65.2 Å². The molecular formula is C32H34ClF3N10O4. The van der Waals surface area contributed by atoms with Crippen LogP contribution < -0.4 is 10.6 Å². The van der Waals surface area contributed by atoms with Gasteiger partial charge in [-0.3, -0.25) is 19.3 Å². The van der Waals surface area contributed by atoms with E-state index in [0.29, 0.717) is 51.4 Å². The maximum absolute atomic E-state index is 14.1. The number of carbonyl (C=O) groups excluding carboxylic acids is 3. The molecule has 2 aliphatic rings. The van der Waals surface area contributed by atoms with E-state index in [2.05, 4.69) is 25.7 Å². The lowest BCUT2D eigenvalue weighted by molar-refractivity contribution is -0.141. The van der Waals surface area contributed by atoms with Gasteiger partial charge in [0.2, 0.25) is 5.91 Å². The molecular weight excluding hydrogens is 681 g/mol. The zero-order valence-electron chi connectivity index (χ0n) is 27.1. The van der Waals surface area contributed by atoms with E-state index >= 15 is 0 Å². The van der Waals surface area contributed by atoms with Gasteiger partial charge in [0.15, 0.2) is 17.3 Å². The van der Waals surface area contributed by atoms with E-state index in [1.807, 2.05) is 4.90 Å². The number of nitrogens with one attached hydrogen (secondary N) is 2. The first-order valence-electron chi connectivity index (χ1n) is 15.7. The van der Waals surface area contributed by atoms with Gasteiger partial charge in [0.1, 0.15) is 0 Å². The molecule has 14 nitrogen and oxygen atoms in total. The van der Waals surface area contributed by atoms with E-state index < -0.39 is 23.9 Å². The molecule has 5 heterocycles. The average Bonchev–Trinajstić information content (AvgIpc) is 3.82. The van der Waals surface area contributed by atoms with Crippen molar-refractivity contribution in [2.75, 3.05) is 63.5 Å². The molecule has 0 saturated carbocycles. The van der Waals surface area contributed by atoms with Crippen LogP contribution >= 0.6 is 11.6 Å². The normalized spacial score (nSPS) is 16.9. The number of aliphatic hydroxyl groups excluding tert-OH is 1. The number of nitrogens with zero attached hydrogens (tertiary/aromatic N) is 8. The quantitative estimate of drug-likeness (QED) is 0.250. The molecule has 1 atom stereocenters. The summed E-state index contributed by atoms with van der Waals surface area (Å²) in [4.78, 5) is 52.6. The molecule has 0 aliphatic carbocycles. The first kappa shape index (κ1) is 34.8. The summed E-state index contributed by atoms with van der Waals surface area (Å²) in [5.41, 5.74) is -0.355. The molecule has 6 rings (SSSR count). The summed E-state index contributed by atoms with van der Waals surface area (Å²) in [5, 5.41) is 19.0. The Morgan fingerprint density at radius 3 is 2.34 bits per heavy atom. The largest absolute Gasteiger partial charge is 0.435 e. The standard InChI is InChI=1S/C32H34ClF3N10O4/c1-37-20-4-6-26(38-14-20)46-17-23(28(41-46)32(34,35)36)25-15-39-29(42(25)2)30(49)40-19-3-5-22(24(33)13-19)31(50)45-11-9-44(10-12-45)27(48)18-43-8-7-21(47)16-43/h3-6,13-15,17,21,37,47H,7-12,16,18H2,1-2H3,(H,40,49). The molecule has 0 bridgehead atoms. The minimum Gasteiger partial charge on any atom is -0.392 e. The van der Waals surface area contributed by atoms with Crippen molar-refractivity contribution in [3.8, 4) is 17.1 Å².